The molecule has 0 aliphatic heterocycles. The summed E-state index contributed by atoms with van der Waals surface area (Å²) in [5, 5.41) is 14.7. The van der Waals surface area contributed by atoms with Crippen LogP contribution in [0.4, 0.5) is 17.1 Å². The quantitative estimate of drug-likeness (QED) is 0.0918. The molecule has 0 saturated carbocycles. The van der Waals surface area contributed by atoms with Gasteiger partial charge in [0.05, 0.1) is 11.4 Å². The Bertz CT molecular complexity index is 3130. The summed E-state index contributed by atoms with van der Waals surface area (Å²) in [5.41, 5.74) is 5.14. The summed E-state index contributed by atoms with van der Waals surface area (Å²) >= 11 is 0. The normalized spacial score (nSPS) is 11.9. The third kappa shape index (κ3) is 5.24. The average Bonchev–Trinajstić information content (AvgIpc) is 3.67. The molecule has 0 bridgehead atoms. The first kappa shape index (κ1) is 33.2. The monoisotopic (exact) mass is 743 g/mol. The molecule has 1 heterocycles. The van der Waals surface area contributed by atoms with Crippen LogP contribution in [0.25, 0.3) is 54.3 Å². The molecule has 1 aromatic heterocycles. The van der Waals surface area contributed by atoms with Crippen molar-refractivity contribution in [2.45, 2.75) is 0 Å². The largest absolute Gasteiger partial charge is 0.455 e. The summed E-state index contributed by atoms with van der Waals surface area (Å²) in [6.07, 6.45) is 0. The smallest absolute Gasteiger partial charge is 0.179 e. The van der Waals surface area contributed by atoms with Gasteiger partial charge in [0.15, 0.2) is 8.07 Å². The van der Waals surface area contributed by atoms with Gasteiger partial charge >= 0.3 is 0 Å². The Hall–Kier alpha value is -7.20. The molecule has 0 spiro atoms. The second-order valence-electron chi connectivity index (χ2n) is 14.8. The molecule has 11 aromatic rings. The Morgan fingerprint density at radius 3 is 1.37 bits per heavy atom. The van der Waals surface area contributed by atoms with E-state index in [1.165, 1.54) is 42.3 Å². The van der Waals surface area contributed by atoms with Crippen LogP contribution in [0, 0.1) is 0 Å². The van der Waals surface area contributed by atoms with Crippen molar-refractivity contribution in [2.24, 2.45) is 0 Å². The molecule has 0 unspecified atom stereocenters. The molecule has 3 heteroatoms. The number of nitrogens with zero attached hydrogens (tertiary/aromatic N) is 1. The summed E-state index contributed by atoms with van der Waals surface area (Å²) in [5.74, 6) is 0. The van der Waals surface area contributed by atoms with Gasteiger partial charge in [0.25, 0.3) is 0 Å². The van der Waals surface area contributed by atoms with E-state index in [-0.39, 0.29) is 0 Å². The van der Waals surface area contributed by atoms with Gasteiger partial charge in [-0.25, -0.2) is 0 Å². The van der Waals surface area contributed by atoms with Crippen molar-refractivity contribution in [2.75, 3.05) is 4.90 Å². The van der Waals surface area contributed by atoms with E-state index >= 15 is 0 Å². The number of furan rings is 1. The fraction of sp³-hybridized carbons (Fsp3) is 0. The molecule has 11 rings (SSSR count). The minimum absolute atomic E-state index is 0.894. The maximum absolute atomic E-state index is 6.61. The number of hydrogen-bond acceptors (Lipinski definition) is 2. The van der Waals surface area contributed by atoms with Crippen LogP contribution in [-0.4, -0.2) is 8.07 Å². The highest BCUT2D eigenvalue weighted by Gasteiger charge is 2.41. The zero-order valence-electron chi connectivity index (χ0n) is 31.2. The Kier molecular flexibility index (Phi) is 7.87. The predicted molar refractivity (Wildman–Crippen MR) is 245 cm³/mol. The van der Waals surface area contributed by atoms with Gasteiger partial charge in [-0.15, -0.1) is 0 Å². The maximum Gasteiger partial charge on any atom is 0.179 e. The van der Waals surface area contributed by atoms with Crippen LogP contribution in [0.1, 0.15) is 0 Å². The molecule has 0 aliphatic carbocycles. The first-order chi connectivity index (χ1) is 28.3. The van der Waals surface area contributed by atoms with E-state index in [2.05, 4.69) is 223 Å². The third-order valence-electron chi connectivity index (χ3n) is 11.8. The standard InChI is InChI=1S/C54H37NOSi/c1-4-19-40(20-5-1)57(41-21-6-2-7-22-41,42-23-8-3-9-24-42)43-34-32-39(33-35-43)55(51-36-38-18-10-11-25-44(38)45-26-12-13-27-46(45)51)52-37-50-48-29-16-17-31-53(48)56-54(50)49-30-15-14-28-47(49)52/h1-37H. The lowest BCUT2D eigenvalue weighted by molar-refractivity contribution is 0.672. The van der Waals surface area contributed by atoms with E-state index < -0.39 is 8.07 Å². The summed E-state index contributed by atoms with van der Waals surface area (Å²) in [6, 6.07) is 82.3. The first-order valence-electron chi connectivity index (χ1n) is 19.6. The Balaban J connectivity index is 1.22. The number of para-hydroxylation sites is 1. The highest BCUT2D eigenvalue weighted by Crippen LogP contribution is 2.47. The molecule has 0 saturated heterocycles. The fourth-order valence-electron chi connectivity index (χ4n) is 9.27. The number of hydrogen-bond donors (Lipinski definition) is 0. The van der Waals surface area contributed by atoms with E-state index in [0.717, 1.165) is 49.8 Å². The van der Waals surface area contributed by atoms with Crippen LogP contribution in [0.15, 0.2) is 229 Å². The van der Waals surface area contributed by atoms with E-state index in [1.54, 1.807) is 0 Å². The molecule has 0 radical (unpaired) electrons. The van der Waals surface area contributed by atoms with Crippen molar-refractivity contribution in [1.29, 1.82) is 0 Å². The minimum Gasteiger partial charge on any atom is -0.455 e. The summed E-state index contributed by atoms with van der Waals surface area (Å²) in [6.45, 7) is 0. The number of benzene rings is 10. The lowest BCUT2D eigenvalue weighted by Gasteiger charge is -2.35. The molecule has 0 N–H and O–H groups in total. The van der Waals surface area contributed by atoms with Crippen LogP contribution in [0.3, 0.4) is 0 Å². The molecular formula is C54H37NOSi. The Labute approximate surface area is 332 Å². The van der Waals surface area contributed by atoms with Crippen molar-refractivity contribution < 1.29 is 4.42 Å². The zero-order valence-corrected chi connectivity index (χ0v) is 32.2. The first-order valence-corrected chi connectivity index (χ1v) is 21.6. The second-order valence-corrected chi connectivity index (χ2v) is 18.6. The summed E-state index contributed by atoms with van der Waals surface area (Å²) in [4.78, 5) is 2.49. The van der Waals surface area contributed by atoms with Crippen molar-refractivity contribution in [3.05, 3.63) is 224 Å². The van der Waals surface area contributed by atoms with Gasteiger partial charge in [-0.05, 0) is 67.2 Å². The molecule has 0 atom stereocenters. The average molecular weight is 744 g/mol. The van der Waals surface area contributed by atoms with Gasteiger partial charge in [-0.2, -0.15) is 0 Å². The highest BCUT2D eigenvalue weighted by molar-refractivity contribution is 7.19. The molecule has 2 nitrogen and oxygen atoms in total. The topological polar surface area (TPSA) is 16.4 Å². The highest BCUT2D eigenvalue weighted by atomic mass is 28.3. The SMILES string of the molecule is c1ccc([Si](c2ccccc2)(c2ccccc2)c2ccc(N(c3cc4ccccc4c4ccccc34)c3cc4c5ccccc5oc4c4ccccc34)cc2)cc1. The van der Waals surface area contributed by atoms with Crippen LogP contribution >= 0.6 is 0 Å². The minimum atomic E-state index is -2.73. The van der Waals surface area contributed by atoms with Crippen LogP contribution in [0.2, 0.25) is 0 Å². The molecule has 0 fully saturated rings. The lowest BCUT2D eigenvalue weighted by Crippen LogP contribution is -2.74. The van der Waals surface area contributed by atoms with Gasteiger partial charge in [0.1, 0.15) is 11.2 Å². The van der Waals surface area contributed by atoms with Gasteiger partial charge in [-0.3, -0.25) is 0 Å². The van der Waals surface area contributed by atoms with E-state index in [0.29, 0.717) is 0 Å². The molecule has 0 aliphatic rings. The van der Waals surface area contributed by atoms with Crippen molar-refractivity contribution in [1.82, 2.24) is 0 Å². The van der Waals surface area contributed by atoms with Crippen LogP contribution in [0.5, 0.6) is 0 Å². The predicted octanol–water partition coefficient (Wildman–Crippen LogP) is 11.9. The van der Waals surface area contributed by atoms with Crippen LogP contribution in [-0.2, 0) is 0 Å². The molecule has 57 heavy (non-hydrogen) atoms. The van der Waals surface area contributed by atoms with Crippen molar-refractivity contribution >= 4 is 100 Å². The maximum atomic E-state index is 6.61. The number of fused-ring (bicyclic) bond motifs is 8. The van der Waals surface area contributed by atoms with Crippen molar-refractivity contribution in [3.8, 4) is 0 Å². The second kappa shape index (κ2) is 13.5. The Morgan fingerprint density at radius 1 is 0.316 bits per heavy atom. The lowest BCUT2D eigenvalue weighted by atomic mass is 9.97. The number of rotatable bonds is 7. The third-order valence-corrected chi connectivity index (χ3v) is 16.6. The van der Waals surface area contributed by atoms with Gasteiger partial charge in [0.2, 0.25) is 0 Å². The van der Waals surface area contributed by atoms with E-state index in [9.17, 15) is 0 Å². The summed E-state index contributed by atoms with van der Waals surface area (Å²) in [7, 11) is -2.73. The molecule has 10 aromatic carbocycles. The van der Waals surface area contributed by atoms with E-state index in [4.69, 9.17) is 4.42 Å². The number of anilines is 3. The Morgan fingerprint density at radius 2 is 0.754 bits per heavy atom. The molecule has 268 valence electrons. The zero-order chi connectivity index (χ0) is 37.8. The van der Waals surface area contributed by atoms with Gasteiger partial charge in [-0.1, -0.05) is 194 Å². The van der Waals surface area contributed by atoms with Crippen molar-refractivity contribution in [3.63, 3.8) is 0 Å². The van der Waals surface area contributed by atoms with E-state index in [1.807, 2.05) is 6.07 Å². The van der Waals surface area contributed by atoms with Gasteiger partial charge in [0, 0.05) is 32.6 Å². The van der Waals surface area contributed by atoms with Crippen LogP contribution < -0.4 is 25.6 Å². The molecule has 0 amide bonds. The van der Waals surface area contributed by atoms with Gasteiger partial charge < -0.3 is 9.32 Å². The molecular weight excluding hydrogens is 707 g/mol. The summed E-state index contributed by atoms with van der Waals surface area (Å²) < 4.78 is 6.61. The fourth-order valence-corrected chi connectivity index (χ4v) is 14.0.